The average Bonchev–Trinajstić information content (AvgIpc) is 2.34. The molecule has 0 amide bonds. The number of rotatable bonds is 4. The van der Waals surface area contributed by atoms with E-state index in [1.807, 2.05) is 6.07 Å². The second-order valence-corrected chi connectivity index (χ2v) is 5.63. The molecule has 1 aliphatic rings. The van der Waals surface area contributed by atoms with Crippen LogP contribution in [0.5, 0.6) is 0 Å². The van der Waals surface area contributed by atoms with Crippen molar-refractivity contribution in [2.24, 2.45) is 0 Å². The molecule has 0 saturated carbocycles. The van der Waals surface area contributed by atoms with Crippen molar-refractivity contribution >= 4 is 0 Å². The number of morpholine rings is 1. The van der Waals surface area contributed by atoms with Gasteiger partial charge in [-0.15, -0.1) is 0 Å². The minimum Gasteiger partial charge on any atom is -0.396 e. The van der Waals surface area contributed by atoms with Crippen molar-refractivity contribution in [1.82, 2.24) is 4.90 Å². The van der Waals surface area contributed by atoms with Crippen molar-refractivity contribution in [1.29, 1.82) is 0 Å². The Morgan fingerprint density at radius 2 is 2.06 bits per heavy atom. The molecule has 100 valence electrons. The van der Waals surface area contributed by atoms with Crippen LogP contribution in [0.1, 0.15) is 25.8 Å². The number of hydrogen-bond donors (Lipinski definition) is 1. The Kier molecular flexibility index (Phi) is 4.38. The van der Waals surface area contributed by atoms with Crippen LogP contribution in [0, 0.1) is 0 Å². The van der Waals surface area contributed by atoms with E-state index in [9.17, 15) is 0 Å². The van der Waals surface area contributed by atoms with E-state index in [0.29, 0.717) is 12.6 Å². The molecule has 1 unspecified atom stereocenters. The Labute approximate surface area is 109 Å². The SMILES string of the molecule is CC1(C)CN(Cc2ccccc2)C(CCO)CO1. The van der Waals surface area contributed by atoms with Gasteiger partial charge in [-0.05, 0) is 25.8 Å². The summed E-state index contributed by atoms with van der Waals surface area (Å²) in [6.07, 6.45) is 0.781. The van der Waals surface area contributed by atoms with E-state index in [1.54, 1.807) is 0 Å². The first-order valence-corrected chi connectivity index (χ1v) is 6.63. The largest absolute Gasteiger partial charge is 0.396 e. The zero-order valence-electron chi connectivity index (χ0n) is 11.3. The van der Waals surface area contributed by atoms with Crippen molar-refractivity contribution in [3.8, 4) is 0 Å². The topological polar surface area (TPSA) is 32.7 Å². The van der Waals surface area contributed by atoms with Gasteiger partial charge in [-0.1, -0.05) is 30.3 Å². The van der Waals surface area contributed by atoms with E-state index < -0.39 is 0 Å². The Morgan fingerprint density at radius 1 is 1.33 bits per heavy atom. The number of aliphatic hydroxyl groups excluding tert-OH is 1. The Hall–Kier alpha value is -0.900. The summed E-state index contributed by atoms with van der Waals surface area (Å²) >= 11 is 0. The summed E-state index contributed by atoms with van der Waals surface area (Å²) in [6.45, 7) is 7.02. The fourth-order valence-electron chi connectivity index (χ4n) is 2.51. The lowest BCUT2D eigenvalue weighted by molar-refractivity contribution is -0.120. The van der Waals surface area contributed by atoms with Crippen LogP contribution in [0.4, 0.5) is 0 Å². The molecule has 1 atom stereocenters. The van der Waals surface area contributed by atoms with Crippen LogP contribution >= 0.6 is 0 Å². The molecule has 1 saturated heterocycles. The van der Waals surface area contributed by atoms with Crippen LogP contribution in [-0.4, -0.2) is 41.4 Å². The number of hydrogen-bond acceptors (Lipinski definition) is 3. The van der Waals surface area contributed by atoms with E-state index in [-0.39, 0.29) is 12.2 Å². The number of benzene rings is 1. The van der Waals surface area contributed by atoms with Gasteiger partial charge in [0.2, 0.25) is 0 Å². The van der Waals surface area contributed by atoms with Crippen LogP contribution in [0.2, 0.25) is 0 Å². The van der Waals surface area contributed by atoms with Crippen LogP contribution in [-0.2, 0) is 11.3 Å². The Balaban J connectivity index is 2.05. The fraction of sp³-hybridized carbons (Fsp3) is 0.600. The van der Waals surface area contributed by atoms with Gasteiger partial charge in [0.25, 0.3) is 0 Å². The van der Waals surface area contributed by atoms with Gasteiger partial charge in [-0.2, -0.15) is 0 Å². The molecule has 0 bridgehead atoms. The molecular formula is C15H23NO2. The average molecular weight is 249 g/mol. The Bertz CT molecular complexity index is 364. The first-order chi connectivity index (χ1) is 8.61. The quantitative estimate of drug-likeness (QED) is 0.886. The lowest BCUT2D eigenvalue weighted by atomic mass is 10.0. The monoisotopic (exact) mass is 249 g/mol. The molecule has 1 aliphatic heterocycles. The van der Waals surface area contributed by atoms with Crippen molar-refractivity contribution in [3.63, 3.8) is 0 Å². The maximum absolute atomic E-state index is 9.15. The molecule has 0 spiro atoms. The minimum absolute atomic E-state index is 0.0965. The van der Waals surface area contributed by atoms with Gasteiger partial charge >= 0.3 is 0 Å². The van der Waals surface area contributed by atoms with Gasteiger partial charge in [-0.25, -0.2) is 0 Å². The highest BCUT2D eigenvalue weighted by molar-refractivity contribution is 5.14. The first kappa shape index (κ1) is 13.5. The van der Waals surface area contributed by atoms with Crippen molar-refractivity contribution in [3.05, 3.63) is 35.9 Å². The van der Waals surface area contributed by atoms with Crippen LogP contribution in [0.15, 0.2) is 30.3 Å². The standard InChI is InChI=1S/C15H23NO2/c1-15(2)12-16(14(8-9-17)11-18-15)10-13-6-4-3-5-7-13/h3-7,14,17H,8-12H2,1-2H3. The van der Waals surface area contributed by atoms with Crippen molar-refractivity contribution in [2.45, 2.75) is 38.5 Å². The fourth-order valence-corrected chi connectivity index (χ4v) is 2.51. The second kappa shape index (κ2) is 5.83. The molecule has 2 rings (SSSR count). The molecule has 3 heteroatoms. The number of ether oxygens (including phenoxy) is 1. The molecule has 0 aromatic heterocycles. The molecule has 0 radical (unpaired) electrons. The lowest BCUT2D eigenvalue weighted by Crippen LogP contribution is -2.53. The molecular weight excluding hydrogens is 226 g/mol. The molecule has 18 heavy (non-hydrogen) atoms. The smallest absolute Gasteiger partial charge is 0.0753 e. The van der Waals surface area contributed by atoms with E-state index in [2.05, 4.69) is 43.0 Å². The van der Waals surface area contributed by atoms with Gasteiger partial charge < -0.3 is 9.84 Å². The molecule has 3 nitrogen and oxygen atoms in total. The van der Waals surface area contributed by atoms with Crippen LogP contribution < -0.4 is 0 Å². The normalized spacial score (nSPS) is 24.1. The summed E-state index contributed by atoms with van der Waals surface area (Å²) < 4.78 is 5.85. The summed E-state index contributed by atoms with van der Waals surface area (Å²) in [5.41, 5.74) is 1.22. The number of aliphatic hydroxyl groups is 1. The third-order valence-electron chi connectivity index (χ3n) is 3.46. The highest BCUT2D eigenvalue weighted by Gasteiger charge is 2.33. The first-order valence-electron chi connectivity index (χ1n) is 6.63. The third-order valence-corrected chi connectivity index (χ3v) is 3.46. The predicted molar refractivity (Wildman–Crippen MR) is 72.4 cm³/mol. The highest BCUT2D eigenvalue weighted by Crippen LogP contribution is 2.24. The van der Waals surface area contributed by atoms with Crippen LogP contribution in [0.3, 0.4) is 0 Å². The van der Waals surface area contributed by atoms with Crippen molar-refractivity contribution in [2.75, 3.05) is 19.8 Å². The zero-order valence-corrected chi connectivity index (χ0v) is 11.3. The summed E-state index contributed by atoms with van der Waals surface area (Å²) in [4.78, 5) is 2.43. The zero-order chi connectivity index (χ0) is 13.0. The second-order valence-electron chi connectivity index (χ2n) is 5.63. The minimum atomic E-state index is -0.0965. The van der Waals surface area contributed by atoms with E-state index in [4.69, 9.17) is 9.84 Å². The number of nitrogens with zero attached hydrogens (tertiary/aromatic N) is 1. The third kappa shape index (κ3) is 3.55. The van der Waals surface area contributed by atoms with E-state index >= 15 is 0 Å². The molecule has 1 fully saturated rings. The van der Waals surface area contributed by atoms with Gasteiger partial charge in [0.1, 0.15) is 0 Å². The Morgan fingerprint density at radius 3 is 2.72 bits per heavy atom. The van der Waals surface area contributed by atoms with E-state index in [1.165, 1.54) is 5.56 Å². The van der Waals surface area contributed by atoms with Gasteiger partial charge in [0.15, 0.2) is 0 Å². The van der Waals surface area contributed by atoms with Crippen molar-refractivity contribution < 1.29 is 9.84 Å². The van der Waals surface area contributed by atoms with Gasteiger partial charge in [-0.3, -0.25) is 4.90 Å². The molecule has 1 aromatic carbocycles. The molecule has 1 heterocycles. The summed E-state index contributed by atoms with van der Waals surface area (Å²) in [6, 6.07) is 10.8. The summed E-state index contributed by atoms with van der Waals surface area (Å²) in [5.74, 6) is 0. The lowest BCUT2D eigenvalue weighted by Gasteiger charge is -2.43. The molecule has 0 aliphatic carbocycles. The summed E-state index contributed by atoms with van der Waals surface area (Å²) in [7, 11) is 0. The van der Waals surface area contributed by atoms with Crippen LogP contribution in [0.25, 0.3) is 0 Å². The highest BCUT2D eigenvalue weighted by atomic mass is 16.5. The van der Waals surface area contributed by atoms with Gasteiger partial charge in [0, 0.05) is 25.7 Å². The van der Waals surface area contributed by atoms with E-state index in [0.717, 1.165) is 19.5 Å². The molecule has 1 N–H and O–H groups in total. The molecule has 1 aromatic rings. The van der Waals surface area contributed by atoms with Gasteiger partial charge in [0.05, 0.1) is 12.2 Å². The summed E-state index contributed by atoms with van der Waals surface area (Å²) in [5, 5.41) is 9.15. The predicted octanol–water partition coefficient (Wildman–Crippen LogP) is 2.05. The maximum Gasteiger partial charge on any atom is 0.0753 e. The maximum atomic E-state index is 9.15.